The van der Waals surface area contributed by atoms with Crippen LogP contribution in [0.25, 0.3) is 22.4 Å². The van der Waals surface area contributed by atoms with Crippen LogP contribution in [0.3, 0.4) is 0 Å². The molecule has 9 heteroatoms. The predicted molar refractivity (Wildman–Crippen MR) is 102 cm³/mol. The standard InChI is InChI=1S/C19H21FN6O2/c20-14-4-2-13(3-5-14)15-12-22-17-16(23-15)18(25-19(21)24-17)28-9-1-6-26-7-10-27-11-8-26/h2-5,12H,1,6-11H2,(H2,21,22,24,25). The number of anilines is 1. The molecule has 0 radical (unpaired) electrons. The van der Waals surface area contributed by atoms with E-state index < -0.39 is 0 Å². The van der Waals surface area contributed by atoms with Crippen LogP contribution in [0, 0.1) is 5.82 Å². The molecule has 8 nitrogen and oxygen atoms in total. The molecule has 1 aliphatic heterocycles. The van der Waals surface area contributed by atoms with Gasteiger partial charge in [-0.15, -0.1) is 0 Å². The maximum atomic E-state index is 13.2. The molecule has 0 saturated carbocycles. The van der Waals surface area contributed by atoms with Crippen molar-refractivity contribution in [3.05, 3.63) is 36.3 Å². The van der Waals surface area contributed by atoms with Gasteiger partial charge in [-0.05, 0) is 30.7 Å². The number of halogens is 1. The summed E-state index contributed by atoms with van der Waals surface area (Å²) < 4.78 is 24.4. The Morgan fingerprint density at radius 1 is 1.11 bits per heavy atom. The van der Waals surface area contributed by atoms with E-state index in [9.17, 15) is 4.39 Å². The number of hydrogen-bond donors (Lipinski definition) is 1. The van der Waals surface area contributed by atoms with Gasteiger partial charge in [-0.3, -0.25) is 4.90 Å². The van der Waals surface area contributed by atoms with Gasteiger partial charge in [-0.2, -0.15) is 9.97 Å². The van der Waals surface area contributed by atoms with Gasteiger partial charge in [-0.25, -0.2) is 14.4 Å². The Morgan fingerprint density at radius 3 is 2.68 bits per heavy atom. The summed E-state index contributed by atoms with van der Waals surface area (Å²) in [5, 5.41) is 0. The van der Waals surface area contributed by atoms with Gasteiger partial charge < -0.3 is 15.2 Å². The normalized spacial score (nSPS) is 15.0. The lowest BCUT2D eigenvalue weighted by Gasteiger charge is -2.26. The minimum atomic E-state index is -0.308. The monoisotopic (exact) mass is 384 g/mol. The Hall–Kier alpha value is -2.91. The zero-order chi connectivity index (χ0) is 19.3. The number of aromatic nitrogens is 4. The van der Waals surface area contributed by atoms with Crippen LogP contribution >= 0.6 is 0 Å². The molecule has 2 aromatic heterocycles. The number of morpholine rings is 1. The Labute approximate surface area is 161 Å². The molecule has 1 fully saturated rings. The van der Waals surface area contributed by atoms with Crippen molar-refractivity contribution in [2.45, 2.75) is 6.42 Å². The van der Waals surface area contributed by atoms with E-state index in [1.807, 2.05) is 0 Å². The summed E-state index contributed by atoms with van der Waals surface area (Å²) in [7, 11) is 0. The zero-order valence-corrected chi connectivity index (χ0v) is 15.3. The number of fused-ring (bicyclic) bond motifs is 1. The topological polar surface area (TPSA) is 99.3 Å². The van der Waals surface area contributed by atoms with Crippen molar-refractivity contribution in [2.24, 2.45) is 0 Å². The number of hydrogen-bond acceptors (Lipinski definition) is 8. The van der Waals surface area contributed by atoms with E-state index in [-0.39, 0.29) is 11.8 Å². The number of nitrogens with zero attached hydrogens (tertiary/aromatic N) is 5. The quantitative estimate of drug-likeness (QED) is 0.644. The summed E-state index contributed by atoms with van der Waals surface area (Å²) in [4.78, 5) is 19.5. The molecule has 3 aromatic rings. The number of rotatable bonds is 6. The summed E-state index contributed by atoms with van der Waals surface area (Å²) in [6.07, 6.45) is 2.42. The minimum Gasteiger partial charge on any atom is -0.476 e. The number of benzene rings is 1. The summed E-state index contributed by atoms with van der Waals surface area (Å²) >= 11 is 0. The molecule has 4 rings (SSSR count). The Balaban J connectivity index is 1.51. The third kappa shape index (κ3) is 4.32. The fraction of sp³-hybridized carbons (Fsp3) is 0.368. The van der Waals surface area contributed by atoms with Crippen LogP contribution < -0.4 is 10.5 Å². The van der Waals surface area contributed by atoms with Crippen LogP contribution in [-0.2, 0) is 4.74 Å². The summed E-state index contributed by atoms with van der Waals surface area (Å²) in [6.45, 7) is 4.83. The van der Waals surface area contributed by atoms with Crippen molar-refractivity contribution in [1.29, 1.82) is 0 Å². The highest BCUT2D eigenvalue weighted by Crippen LogP contribution is 2.24. The lowest BCUT2D eigenvalue weighted by molar-refractivity contribution is 0.0357. The molecule has 1 aliphatic rings. The Morgan fingerprint density at radius 2 is 1.89 bits per heavy atom. The van der Waals surface area contributed by atoms with Gasteiger partial charge >= 0.3 is 0 Å². The fourth-order valence-electron chi connectivity index (χ4n) is 3.04. The molecule has 3 heterocycles. The average molecular weight is 384 g/mol. The molecular weight excluding hydrogens is 363 g/mol. The Bertz CT molecular complexity index is 947. The van der Waals surface area contributed by atoms with E-state index >= 15 is 0 Å². The second-order valence-corrected chi connectivity index (χ2v) is 6.48. The molecule has 0 unspecified atom stereocenters. The maximum Gasteiger partial charge on any atom is 0.247 e. The van der Waals surface area contributed by atoms with Crippen LogP contribution in [0.5, 0.6) is 5.88 Å². The summed E-state index contributed by atoms with van der Waals surface area (Å²) in [5.41, 5.74) is 7.90. The zero-order valence-electron chi connectivity index (χ0n) is 15.3. The number of nitrogens with two attached hydrogens (primary N) is 1. The maximum absolute atomic E-state index is 13.2. The summed E-state index contributed by atoms with van der Waals surface area (Å²) in [5.74, 6) is 0.0818. The van der Waals surface area contributed by atoms with Gasteiger partial charge in [0.2, 0.25) is 11.8 Å². The van der Waals surface area contributed by atoms with E-state index in [1.54, 1.807) is 18.3 Å². The first-order valence-corrected chi connectivity index (χ1v) is 9.18. The lowest BCUT2D eigenvalue weighted by Crippen LogP contribution is -2.37. The molecule has 146 valence electrons. The summed E-state index contributed by atoms with van der Waals surface area (Å²) in [6, 6.07) is 6.05. The van der Waals surface area contributed by atoms with Crippen molar-refractivity contribution >= 4 is 17.1 Å². The molecule has 0 bridgehead atoms. The van der Waals surface area contributed by atoms with Crippen molar-refractivity contribution in [1.82, 2.24) is 24.8 Å². The van der Waals surface area contributed by atoms with Crippen LogP contribution in [0.2, 0.25) is 0 Å². The van der Waals surface area contributed by atoms with Crippen LogP contribution in [0.4, 0.5) is 10.3 Å². The third-order valence-corrected chi connectivity index (χ3v) is 4.49. The largest absolute Gasteiger partial charge is 0.476 e. The van der Waals surface area contributed by atoms with E-state index in [1.165, 1.54) is 12.1 Å². The highest BCUT2D eigenvalue weighted by atomic mass is 19.1. The van der Waals surface area contributed by atoms with Gasteiger partial charge in [0, 0.05) is 25.2 Å². The highest BCUT2D eigenvalue weighted by Gasteiger charge is 2.14. The average Bonchev–Trinajstić information content (AvgIpc) is 2.72. The first-order valence-electron chi connectivity index (χ1n) is 9.18. The first-order chi connectivity index (χ1) is 13.7. The van der Waals surface area contributed by atoms with E-state index in [4.69, 9.17) is 15.2 Å². The van der Waals surface area contributed by atoms with E-state index in [2.05, 4.69) is 24.8 Å². The molecule has 0 aliphatic carbocycles. The molecule has 0 spiro atoms. The molecule has 1 saturated heterocycles. The SMILES string of the molecule is Nc1nc(OCCCN2CCOCC2)c2nc(-c3ccc(F)cc3)cnc2n1. The minimum absolute atomic E-state index is 0.0829. The first kappa shape index (κ1) is 18.5. The van der Waals surface area contributed by atoms with E-state index in [0.717, 1.165) is 44.8 Å². The lowest BCUT2D eigenvalue weighted by atomic mass is 10.1. The Kier molecular flexibility index (Phi) is 5.54. The van der Waals surface area contributed by atoms with Crippen LogP contribution in [0.1, 0.15) is 6.42 Å². The fourth-order valence-corrected chi connectivity index (χ4v) is 3.04. The number of ether oxygens (including phenoxy) is 2. The van der Waals surface area contributed by atoms with Gasteiger partial charge in [0.25, 0.3) is 0 Å². The van der Waals surface area contributed by atoms with Crippen molar-refractivity contribution in [2.75, 3.05) is 45.2 Å². The van der Waals surface area contributed by atoms with Gasteiger partial charge in [0.1, 0.15) is 5.82 Å². The highest BCUT2D eigenvalue weighted by molar-refractivity contribution is 5.79. The molecule has 0 amide bonds. The predicted octanol–water partition coefficient (Wildman–Crippen LogP) is 1.91. The van der Waals surface area contributed by atoms with Crippen LogP contribution in [-0.4, -0.2) is 64.3 Å². The smallest absolute Gasteiger partial charge is 0.247 e. The van der Waals surface area contributed by atoms with Gasteiger partial charge in [0.05, 0.1) is 31.7 Å². The number of nitrogen functional groups attached to an aromatic ring is 1. The second-order valence-electron chi connectivity index (χ2n) is 6.48. The van der Waals surface area contributed by atoms with Gasteiger partial charge in [-0.1, -0.05) is 0 Å². The van der Waals surface area contributed by atoms with E-state index in [0.29, 0.717) is 29.3 Å². The van der Waals surface area contributed by atoms with Crippen molar-refractivity contribution < 1.29 is 13.9 Å². The molecular formula is C19H21FN6O2. The third-order valence-electron chi connectivity index (χ3n) is 4.49. The van der Waals surface area contributed by atoms with Crippen molar-refractivity contribution in [3.63, 3.8) is 0 Å². The molecule has 1 aromatic carbocycles. The molecule has 0 atom stereocenters. The van der Waals surface area contributed by atoms with Crippen molar-refractivity contribution in [3.8, 4) is 17.1 Å². The second kappa shape index (κ2) is 8.41. The van der Waals surface area contributed by atoms with Crippen LogP contribution in [0.15, 0.2) is 30.5 Å². The molecule has 2 N–H and O–H groups in total. The van der Waals surface area contributed by atoms with Gasteiger partial charge in [0.15, 0.2) is 11.2 Å². The molecule has 28 heavy (non-hydrogen) atoms.